The molecule has 3 heteroatoms. The zero-order chi connectivity index (χ0) is 13.7. The Morgan fingerprint density at radius 3 is 2.33 bits per heavy atom. The molecule has 1 amide bonds. The minimum atomic E-state index is -0.428. The van der Waals surface area contributed by atoms with E-state index in [9.17, 15) is 4.79 Å². The minimum Gasteiger partial charge on any atom is -0.348 e. The van der Waals surface area contributed by atoms with Crippen LogP contribution in [0.15, 0.2) is 24.3 Å². The number of carbonyl (C=O) groups excluding carboxylic acids is 1. The van der Waals surface area contributed by atoms with Crippen LogP contribution in [-0.2, 0) is 4.79 Å². The third kappa shape index (κ3) is 3.84. The summed E-state index contributed by atoms with van der Waals surface area (Å²) >= 11 is 0. The van der Waals surface area contributed by atoms with Crippen molar-refractivity contribution in [3.63, 3.8) is 0 Å². The number of nitrogens with two attached hydrogens (primary N) is 1. The summed E-state index contributed by atoms with van der Waals surface area (Å²) in [6.07, 6.45) is 0.910. The summed E-state index contributed by atoms with van der Waals surface area (Å²) in [4.78, 5) is 12.0. The first kappa shape index (κ1) is 14.7. The van der Waals surface area contributed by atoms with Crippen molar-refractivity contribution in [3.8, 4) is 0 Å². The molecule has 0 aliphatic carbocycles. The Balaban J connectivity index is 2.61. The maximum Gasteiger partial charge on any atom is 0.237 e. The molecule has 3 nitrogen and oxygen atoms in total. The Morgan fingerprint density at radius 2 is 1.83 bits per heavy atom. The molecule has 0 aromatic heterocycles. The number of benzene rings is 1. The number of carbonyl (C=O) groups is 1. The van der Waals surface area contributed by atoms with Gasteiger partial charge in [0, 0.05) is 0 Å². The molecule has 0 spiro atoms. The molecule has 3 N–H and O–H groups in total. The third-order valence-corrected chi connectivity index (χ3v) is 3.50. The summed E-state index contributed by atoms with van der Waals surface area (Å²) in [6, 6.07) is 7.74. The number of aryl methyl sites for hydroxylation is 1. The molecule has 0 fully saturated rings. The molecule has 0 saturated carbocycles. The van der Waals surface area contributed by atoms with Crippen LogP contribution in [0.25, 0.3) is 0 Å². The number of rotatable bonds is 5. The van der Waals surface area contributed by atoms with E-state index in [1.807, 2.05) is 52.0 Å². The predicted molar refractivity (Wildman–Crippen MR) is 75.2 cm³/mol. The lowest BCUT2D eigenvalue weighted by Gasteiger charge is -2.21. The molecule has 2 unspecified atom stereocenters. The van der Waals surface area contributed by atoms with Gasteiger partial charge in [-0.15, -0.1) is 0 Å². The van der Waals surface area contributed by atoms with Gasteiger partial charge in [-0.25, -0.2) is 0 Å². The normalized spacial score (nSPS) is 15.8. The van der Waals surface area contributed by atoms with Crippen LogP contribution >= 0.6 is 0 Å². The maximum absolute atomic E-state index is 12.0. The van der Waals surface area contributed by atoms with Gasteiger partial charge in [-0.3, -0.25) is 4.79 Å². The quantitative estimate of drug-likeness (QED) is 0.841. The Labute approximate surface area is 110 Å². The van der Waals surface area contributed by atoms with Gasteiger partial charge < -0.3 is 11.1 Å². The van der Waals surface area contributed by atoms with E-state index in [0.717, 1.165) is 12.0 Å². The van der Waals surface area contributed by atoms with Crippen molar-refractivity contribution < 1.29 is 4.79 Å². The van der Waals surface area contributed by atoms with E-state index in [1.54, 1.807) is 0 Å². The van der Waals surface area contributed by atoms with Gasteiger partial charge >= 0.3 is 0 Å². The highest BCUT2D eigenvalue weighted by Crippen LogP contribution is 2.14. The molecule has 1 rings (SSSR count). The molecule has 1 aromatic rings. The lowest BCUT2D eigenvalue weighted by atomic mass is 9.98. The SMILES string of the molecule is CCC(C)C(N)C(=O)N[C@H](C)c1ccc(C)cc1. The van der Waals surface area contributed by atoms with Crippen LogP contribution in [0, 0.1) is 12.8 Å². The highest BCUT2D eigenvalue weighted by molar-refractivity contribution is 5.82. The van der Waals surface area contributed by atoms with Crippen LogP contribution in [0.5, 0.6) is 0 Å². The van der Waals surface area contributed by atoms with Crippen molar-refractivity contribution >= 4 is 5.91 Å². The molecule has 0 bridgehead atoms. The molecule has 0 saturated heterocycles. The molecule has 3 atom stereocenters. The Hall–Kier alpha value is -1.35. The van der Waals surface area contributed by atoms with Crippen molar-refractivity contribution in [2.75, 3.05) is 0 Å². The molecule has 18 heavy (non-hydrogen) atoms. The average Bonchev–Trinajstić information content (AvgIpc) is 2.37. The van der Waals surface area contributed by atoms with E-state index in [1.165, 1.54) is 5.56 Å². The number of hydrogen-bond donors (Lipinski definition) is 2. The van der Waals surface area contributed by atoms with E-state index in [4.69, 9.17) is 5.73 Å². The summed E-state index contributed by atoms with van der Waals surface area (Å²) in [5, 5.41) is 2.97. The first-order valence-electron chi connectivity index (χ1n) is 6.58. The van der Waals surface area contributed by atoms with Gasteiger partial charge in [-0.05, 0) is 25.3 Å². The Morgan fingerprint density at radius 1 is 1.28 bits per heavy atom. The van der Waals surface area contributed by atoms with Gasteiger partial charge in [0.05, 0.1) is 12.1 Å². The van der Waals surface area contributed by atoms with Crippen LogP contribution in [-0.4, -0.2) is 11.9 Å². The fourth-order valence-electron chi connectivity index (χ4n) is 1.76. The smallest absolute Gasteiger partial charge is 0.237 e. The zero-order valence-corrected chi connectivity index (χ0v) is 11.7. The number of nitrogens with one attached hydrogen (secondary N) is 1. The summed E-state index contributed by atoms with van der Waals surface area (Å²) in [5.41, 5.74) is 8.23. The van der Waals surface area contributed by atoms with E-state index in [-0.39, 0.29) is 17.9 Å². The van der Waals surface area contributed by atoms with Crippen LogP contribution in [0.3, 0.4) is 0 Å². The van der Waals surface area contributed by atoms with Gasteiger partial charge in [0.25, 0.3) is 0 Å². The van der Waals surface area contributed by atoms with Gasteiger partial charge in [0.1, 0.15) is 0 Å². The molecule has 100 valence electrons. The lowest BCUT2D eigenvalue weighted by molar-refractivity contribution is -0.124. The van der Waals surface area contributed by atoms with E-state index >= 15 is 0 Å². The van der Waals surface area contributed by atoms with Crippen molar-refractivity contribution in [1.29, 1.82) is 0 Å². The van der Waals surface area contributed by atoms with Crippen LogP contribution in [0.2, 0.25) is 0 Å². The standard InChI is InChI=1S/C15H24N2O/c1-5-11(3)14(16)15(18)17-12(4)13-8-6-10(2)7-9-13/h6-9,11-12,14H,5,16H2,1-4H3,(H,17,18)/t11?,12-,14?/m1/s1. The summed E-state index contributed by atoms with van der Waals surface area (Å²) in [7, 11) is 0. The number of hydrogen-bond acceptors (Lipinski definition) is 2. The second-order valence-corrected chi connectivity index (χ2v) is 5.05. The molecule has 0 heterocycles. The average molecular weight is 248 g/mol. The van der Waals surface area contributed by atoms with Crippen LogP contribution < -0.4 is 11.1 Å². The second kappa shape index (κ2) is 6.55. The van der Waals surface area contributed by atoms with Crippen molar-refractivity contribution in [2.24, 2.45) is 11.7 Å². The highest BCUT2D eigenvalue weighted by atomic mass is 16.2. The fraction of sp³-hybridized carbons (Fsp3) is 0.533. The largest absolute Gasteiger partial charge is 0.348 e. The lowest BCUT2D eigenvalue weighted by Crippen LogP contribution is -2.45. The summed E-state index contributed by atoms with van der Waals surface area (Å²) in [5.74, 6) is 0.132. The first-order valence-corrected chi connectivity index (χ1v) is 6.58. The Bertz CT molecular complexity index is 386. The number of amides is 1. The van der Waals surface area contributed by atoms with E-state index < -0.39 is 6.04 Å². The van der Waals surface area contributed by atoms with Gasteiger partial charge in [0.2, 0.25) is 5.91 Å². The molecule has 0 aliphatic heterocycles. The second-order valence-electron chi connectivity index (χ2n) is 5.05. The van der Waals surface area contributed by atoms with E-state index in [0.29, 0.717) is 0 Å². The topological polar surface area (TPSA) is 55.1 Å². The highest BCUT2D eigenvalue weighted by Gasteiger charge is 2.20. The predicted octanol–water partition coefficient (Wildman–Crippen LogP) is 2.55. The summed E-state index contributed by atoms with van der Waals surface area (Å²) < 4.78 is 0. The molecular weight excluding hydrogens is 224 g/mol. The van der Waals surface area contributed by atoms with Crippen LogP contribution in [0.4, 0.5) is 0 Å². The first-order chi connectivity index (χ1) is 8.45. The molecule has 0 aliphatic rings. The van der Waals surface area contributed by atoms with Gasteiger partial charge in [-0.1, -0.05) is 50.1 Å². The molecule has 1 aromatic carbocycles. The van der Waals surface area contributed by atoms with Crippen molar-refractivity contribution in [3.05, 3.63) is 35.4 Å². The molecular formula is C15H24N2O. The van der Waals surface area contributed by atoms with E-state index in [2.05, 4.69) is 5.32 Å². The van der Waals surface area contributed by atoms with Crippen molar-refractivity contribution in [1.82, 2.24) is 5.32 Å². The summed E-state index contributed by atoms with van der Waals surface area (Å²) in [6.45, 7) is 8.07. The van der Waals surface area contributed by atoms with Gasteiger partial charge in [-0.2, -0.15) is 0 Å². The minimum absolute atomic E-state index is 0.00629. The fourth-order valence-corrected chi connectivity index (χ4v) is 1.76. The molecule has 0 radical (unpaired) electrons. The Kier molecular flexibility index (Phi) is 5.35. The van der Waals surface area contributed by atoms with Crippen LogP contribution in [0.1, 0.15) is 44.4 Å². The zero-order valence-electron chi connectivity index (χ0n) is 11.7. The van der Waals surface area contributed by atoms with Crippen molar-refractivity contribution in [2.45, 2.75) is 46.2 Å². The maximum atomic E-state index is 12.0. The van der Waals surface area contributed by atoms with Gasteiger partial charge in [0.15, 0.2) is 0 Å². The monoisotopic (exact) mass is 248 g/mol. The third-order valence-electron chi connectivity index (χ3n) is 3.50.